The number of carbonyl (C=O) groups is 2. The van der Waals surface area contributed by atoms with E-state index >= 15 is 0 Å². The van der Waals surface area contributed by atoms with Gasteiger partial charge in [-0.15, -0.1) is 21.5 Å². The normalized spacial score (nSPS) is 14.6. The van der Waals surface area contributed by atoms with E-state index in [0.29, 0.717) is 37.7 Å². The van der Waals surface area contributed by atoms with Crippen molar-refractivity contribution in [2.24, 2.45) is 0 Å². The number of hydrogen-bond donors (Lipinski definition) is 1. The van der Waals surface area contributed by atoms with Crippen molar-refractivity contribution in [1.82, 2.24) is 25.0 Å². The molecular formula is C20H22N6O2S2. The number of rotatable bonds is 7. The molecule has 0 bridgehead atoms. The van der Waals surface area contributed by atoms with E-state index in [9.17, 15) is 9.59 Å². The highest BCUT2D eigenvalue weighted by Gasteiger charge is 2.23. The Kier molecular flexibility index (Phi) is 6.77. The second-order valence-electron chi connectivity index (χ2n) is 7.02. The maximum absolute atomic E-state index is 12.7. The minimum atomic E-state index is -0.111. The van der Waals surface area contributed by atoms with Gasteiger partial charge in [0.1, 0.15) is 5.51 Å². The number of benzene rings is 1. The van der Waals surface area contributed by atoms with Crippen molar-refractivity contribution in [1.29, 1.82) is 0 Å². The molecule has 1 fully saturated rings. The average molecular weight is 443 g/mol. The van der Waals surface area contributed by atoms with Crippen molar-refractivity contribution in [2.45, 2.75) is 12.8 Å². The highest BCUT2D eigenvalue weighted by molar-refractivity contribution is 7.13. The monoisotopic (exact) mass is 442 g/mol. The van der Waals surface area contributed by atoms with Gasteiger partial charge >= 0.3 is 0 Å². The topological polar surface area (TPSA) is 91.3 Å². The molecule has 156 valence electrons. The lowest BCUT2D eigenvalue weighted by molar-refractivity contribution is -0.132. The van der Waals surface area contributed by atoms with E-state index in [1.165, 1.54) is 16.9 Å². The Hall–Kier alpha value is -2.69. The van der Waals surface area contributed by atoms with Crippen LogP contribution in [0.25, 0.3) is 0 Å². The summed E-state index contributed by atoms with van der Waals surface area (Å²) < 4.78 is 0. The third-order valence-corrected chi connectivity index (χ3v) is 6.33. The molecule has 0 atom stereocenters. The van der Waals surface area contributed by atoms with Crippen LogP contribution in [0, 0.1) is 0 Å². The Bertz CT molecular complexity index is 968. The first-order valence-corrected chi connectivity index (χ1v) is 11.4. The molecule has 1 aliphatic rings. The molecule has 3 heterocycles. The van der Waals surface area contributed by atoms with Crippen LogP contribution in [0.3, 0.4) is 0 Å². The van der Waals surface area contributed by atoms with Gasteiger partial charge in [0.25, 0.3) is 0 Å². The van der Waals surface area contributed by atoms with Crippen molar-refractivity contribution < 1.29 is 9.59 Å². The molecule has 0 aliphatic carbocycles. The number of thiazole rings is 1. The first kappa shape index (κ1) is 20.6. The van der Waals surface area contributed by atoms with Crippen LogP contribution >= 0.6 is 22.7 Å². The molecule has 1 aliphatic heterocycles. The molecule has 30 heavy (non-hydrogen) atoms. The van der Waals surface area contributed by atoms with Gasteiger partial charge in [0.15, 0.2) is 0 Å². The molecule has 0 unspecified atom stereocenters. The minimum Gasteiger partial charge on any atom is -0.340 e. The van der Waals surface area contributed by atoms with E-state index in [1.807, 2.05) is 33.4 Å². The Balaban J connectivity index is 1.21. The zero-order valence-electron chi connectivity index (χ0n) is 16.4. The fourth-order valence-electron chi connectivity index (χ4n) is 3.29. The number of nitrogens with one attached hydrogen (secondary N) is 1. The summed E-state index contributed by atoms with van der Waals surface area (Å²) in [6.07, 6.45) is 1.11. The molecule has 1 saturated heterocycles. The SMILES string of the molecule is O=C(CN1CCN(C(=O)Cc2csc(Cc3ccccc3)n2)CC1)Nc1nncs1. The summed E-state index contributed by atoms with van der Waals surface area (Å²) in [4.78, 5) is 33.2. The molecule has 8 nitrogen and oxygen atoms in total. The quantitative estimate of drug-likeness (QED) is 0.601. The van der Waals surface area contributed by atoms with Crippen molar-refractivity contribution in [3.63, 3.8) is 0 Å². The molecule has 1 N–H and O–H groups in total. The van der Waals surface area contributed by atoms with Crippen molar-refractivity contribution in [3.8, 4) is 0 Å². The summed E-state index contributed by atoms with van der Waals surface area (Å²) >= 11 is 2.89. The van der Waals surface area contributed by atoms with E-state index in [1.54, 1.807) is 16.8 Å². The second kappa shape index (κ2) is 9.88. The number of hydrogen-bond acceptors (Lipinski definition) is 8. The number of piperazine rings is 1. The lowest BCUT2D eigenvalue weighted by Crippen LogP contribution is -2.50. The first-order chi connectivity index (χ1) is 14.7. The summed E-state index contributed by atoms with van der Waals surface area (Å²) in [5, 5.41) is 13.7. The summed E-state index contributed by atoms with van der Waals surface area (Å²) in [6.45, 7) is 2.87. The molecule has 4 rings (SSSR count). The predicted molar refractivity (Wildman–Crippen MR) is 117 cm³/mol. The van der Waals surface area contributed by atoms with Crippen LogP contribution in [-0.4, -0.2) is 69.5 Å². The molecule has 0 radical (unpaired) electrons. The maximum Gasteiger partial charge on any atom is 0.240 e. The van der Waals surface area contributed by atoms with Gasteiger partial charge in [-0.2, -0.15) is 0 Å². The van der Waals surface area contributed by atoms with Gasteiger partial charge in [0.05, 0.1) is 23.7 Å². The average Bonchev–Trinajstić information content (AvgIpc) is 3.41. The third-order valence-electron chi connectivity index (χ3n) is 4.83. The standard InChI is InChI=1S/C20H22N6O2S2/c27-17(23-20-24-21-14-30-20)12-25-6-8-26(9-7-25)19(28)11-16-13-29-18(22-16)10-15-4-2-1-3-5-15/h1-5,13-14H,6-12H2,(H,23,24,27). The van der Waals surface area contributed by atoms with E-state index in [2.05, 4.69) is 32.6 Å². The first-order valence-electron chi connectivity index (χ1n) is 9.69. The van der Waals surface area contributed by atoms with Gasteiger partial charge in [-0.25, -0.2) is 4.98 Å². The van der Waals surface area contributed by atoms with Crippen molar-refractivity contribution >= 4 is 39.6 Å². The van der Waals surface area contributed by atoms with Crippen LogP contribution in [0.2, 0.25) is 0 Å². The molecule has 2 aromatic heterocycles. The van der Waals surface area contributed by atoms with E-state index in [0.717, 1.165) is 17.1 Å². The Morgan fingerprint density at radius 3 is 2.60 bits per heavy atom. The van der Waals surface area contributed by atoms with Gasteiger partial charge in [-0.05, 0) is 5.56 Å². The summed E-state index contributed by atoms with van der Waals surface area (Å²) in [6, 6.07) is 10.2. The van der Waals surface area contributed by atoms with Gasteiger partial charge < -0.3 is 4.90 Å². The van der Waals surface area contributed by atoms with Crippen LogP contribution < -0.4 is 5.32 Å². The Morgan fingerprint density at radius 2 is 1.87 bits per heavy atom. The third kappa shape index (κ3) is 5.68. The van der Waals surface area contributed by atoms with Gasteiger partial charge in [-0.3, -0.25) is 19.8 Å². The van der Waals surface area contributed by atoms with Gasteiger partial charge in [0.2, 0.25) is 16.9 Å². The largest absolute Gasteiger partial charge is 0.340 e. The van der Waals surface area contributed by atoms with Crippen LogP contribution in [0.15, 0.2) is 41.2 Å². The van der Waals surface area contributed by atoms with Crippen molar-refractivity contribution in [3.05, 3.63) is 57.5 Å². The Labute approximate surface area is 182 Å². The van der Waals surface area contributed by atoms with Crippen LogP contribution in [0.1, 0.15) is 16.3 Å². The number of amides is 2. The lowest BCUT2D eigenvalue weighted by Gasteiger charge is -2.34. The maximum atomic E-state index is 12.7. The fraction of sp³-hybridized carbons (Fsp3) is 0.350. The number of anilines is 1. The zero-order valence-corrected chi connectivity index (χ0v) is 18.0. The van der Waals surface area contributed by atoms with Crippen LogP contribution in [-0.2, 0) is 22.4 Å². The summed E-state index contributed by atoms with van der Waals surface area (Å²) in [5.41, 5.74) is 3.62. The van der Waals surface area contributed by atoms with E-state index < -0.39 is 0 Å². The van der Waals surface area contributed by atoms with Crippen LogP contribution in [0.4, 0.5) is 5.13 Å². The molecular weight excluding hydrogens is 420 g/mol. The predicted octanol–water partition coefficient (Wildman–Crippen LogP) is 1.91. The lowest BCUT2D eigenvalue weighted by atomic mass is 10.2. The van der Waals surface area contributed by atoms with Gasteiger partial charge in [-0.1, -0.05) is 41.7 Å². The van der Waals surface area contributed by atoms with E-state index in [4.69, 9.17) is 0 Å². The summed E-state index contributed by atoms with van der Waals surface area (Å²) in [7, 11) is 0. The molecule has 2 amide bonds. The molecule has 1 aromatic carbocycles. The fourth-order valence-corrected chi connectivity index (χ4v) is 4.58. The molecule has 3 aromatic rings. The Morgan fingerprint density at radius 1 is 1.07 bits per heavy atom. The summed E-state index contributed by atoms with van der Waals surface area (Å²) in [5.74, 6) is -0.0236. The van der Waals surface area contributed by atoms with Crippen molar-refractivity contribution in [2.75, 3.05) is 38.0 Å². The van der Waals surface area contributed by atoms with E-state index in [-0.39, 0.29) is 18.4 Å². The molecule has 10 heteroatoms. The zero-order chi connectivity index (χ0) is 20.8. The highest BCUT2D eigenvalue weighted by atomic mass is 32.1. The van der Waals surface area contributed by atoms with Gasteiger partial charge in [0, 0.05) is 38.0 Å². The smallest absolute Gasteiger partial charge is 0.240 e. The number of aromatic nitrogens is 3. The molecule has 0 saturated carbocycles. The van der Waals surface area contributed by atoms with Crippen LogP contribution in [0.5, 0.6) is 0 Å². The molecule has 0 spiro atoms. The number of nitrogens with zero attached hydrogens (tertiary/aromatic N) is 5. The highest BCUT2D eigenvalue weighted by Crippen LogP contribution is 2.16. The second-order valence-corrected chi connectivity index (χ2v) is 8.80. The minimum absolute atomic E-state index is 0.0875. The number of carbonyl (C=O) groups excluding carboxylic acids is 2.